The minimum atomic E-state index is -3.48. The summed E-state index contributed by atoms with van der Waals surface area (Å²) in [4.78, 5) is 28.2. The highest BCUT2D eigenvalue weighted by Crippen LogP contribution is 2.21. The van der Waals surface area contributed by atoms with Crippen molar-refractivity contribution in [3.05, 3.63) is 35.9 Å². The smallest absolute Gasteiger partial charge is 0.409 e. The van der Waals surface area contributed by atoms with E-state index in [1.807, 2.05) is 13.8 Å². The third-order valence-corrected chi connectivity index (χ3v) is 7.80. The third kappa shape index (κ3) is 7.04. The summed E-state index contributed by atoms with van der Waals surface area (Å²) in [5.74, 6) is 0.150. The van der Waals surface area contributed by atoms with E-state index in [-0.39, 0.29) is 22.8 Å². The largest absolute Gasteiger partial charge is 0.449 e. The molecule has 0 bridgehead atoms. The van der Waals surface area contributed by atoms with Crippen LogP contribution in [0.3, 0.4) is 0 Å². The molecule has 0 atom stereocenters. The molecular weight excluding hydrogens is 442 g/mol. The van der Waals surface area contributed by atoms with E-state index < -0.39 is 10.0 Å². The molecule has 2 saturated heterocycles. The number of piperazine rings is 1. The number of hydrogen-bond acceptors (Lipinski definition) is 5. The SMILES string of the molecule is CC(C)COC(=O)N1CCN(C(=O)/C=C/c2ccc(S(=O)(=O)N3CCCCCC3)cc2)CC1. The Bertz CT molecular complexity index is 927. The zero-order chi connectivity index (χ0) is 23.8. The van der Waals surface area contributed by atoms with Gasteiger partial charge >= 0.3 is 6.09 Å². The predicted octanol–water partition coefficient (Wildman–Crippen LogP) is 3.20. The highest BCUT2D eigenvalue weighted by Gasteiger charge is 2.25. The lowest BCUT2D eigenvalue weighted by atomic mass is 10.2. The second kappa shape index (κ2) is 11.7. The first kappa shape index (κ1) is 25.2. The Morgan fingerprint density at radius 3 is 2.06 bits per heavy atom. The van der Waals surface area contributed by atoms with Crippen molar-refractivity contribution in [3.63, 3.8) is 0 Å². The molecule has 1 aromatic rings. The van der Waals surface area contributed by atoms with E-state index in [0.717, 1.165) is 31.2 Å². The van der Waals surface area contributed by atoms with Crippen LogP contribution in [0.4, 0.5) is 4.79 Å². The quantitative estimate of drug-likeness (QED) is 0.587. The first-order valence-corrected chi connectivity index (χ1v) is 13.2. The molecule has 2 aliphatic rings. The maximum absolute atomic E-state index is 12.9. The monoisotopic (exact) mass is 477 g/mol. The molecular formula is C24H35N3O5S. The van der Waals surface area contributed by atoms with Crippen molar-refractivity contribution in [2.75, 3.05) is 45.9 Å². The van der Waals surface area contributed by atoms with Gasteiger partial charge in [-0.15, -0.1) is 0 Å². The van der Waals surface area contributed by atoms with Crippen LogP contribution in [0.1, 0.15) is 45.1 Å². The van der Waals surface area contributed by atoms with E-state index in [1.165, 1.54) is 6.08 Å². The fourth-order valence-electron chi connectivity index (χ4n) is 3.89. The summed E-state index contributed by atoms with van der Waals surface area (Å²) in [6.45, 7) is 7.29. The zero-order valence-electron chi connectivity index (χ0n) is 19.6. The summed E-state index contributed by atoms with van der Waals surface area (Å²) in [5, 5.41) is 0. The minimum absolute atomic E-state index is 0.133. The van der Waals surface area contributed by atoms with E-state index in [0.29, 0.717) is 45.9 Å². The molecule has 2 fully saturated rings. The van der Waals surface area contributed by atoms with E-state index in [1.54, 1.807) is 44.4 Å². The summed E-state index contributed by atoms with van der Waals surface area (Å²) >= 11 is 0. The highest BCUT2D eigenvalue weighted by molar-refractivity contribution is 7.89. The van der Waals surface area contributed by atoms with Gasteiger partial charge in [-0.2, -0.15) is 4.31 Å². The second-order valence-corrected chi connectivity index (χ2v) is 10.9. The summed E-state index contributed by atoms with van der Waals surface area (Å²) in [5.41, 5.74) is 0.758. The lowest BCUT2D eigenvalue weighted by Crippen LogP contribution is -2.50. The number of sulfonamides is 1. The number of ether oxygens (including phenoxy) is 1. The molecule has 3 rings (SSSR count). The van der Waals surface area contributed by atoms with E-state index in [4.69, 9.17) is 4.74 Å². The van der Waals surface area contributed by atoms with Crippen LogP contribution in [0, 0.1) is 5.92 Å². The standard InChI is InChI=1S/C24H35N3O5S/c1-20(2)19-32-24(29)26-17-15-25(16-18-26)23(28)12-9-21-7-10-22(11-8-21)33(30,31)27-13-5-3-4-6-14-27/h7-12,20H,3-6,13-19H2,1-2H3/b12-9+. The predicted molar refractivity (Wildman–Crippen MR) is 127 cm³/mol. The van der Waals surface area contributed by atoms with Gasteiger partial charge in [0.15, 0.2) is 0 Å². The van der Waals surface area contributed by atoms with Gasteiger partial charge < -0.3 is 14.5 Å². The molecule has 182 valence electrons. The number of rotatable bonds is 6. The van der Waals surface area contributed by atoms with Gasteiger partial charge in [0.1, 0.15) is 0 Å². The van der Waals surface area contributed by atoms with Crippen LogP contribution >= 0.6 is 0 Å². The van der Waals surface area contributed by atoms with Gasteiger partial charge in [0, 0.05) is 45.3 Å². The van der Waals surface area contributed by atoms with Crippen LogP contribution in [0.15, 0.2) is 35.2 Å². The Balaban J connectivity index is 1.52. The van der Waals surface area contributed by atoms with Crippen molar-refractivity contribution in [1.29, 1.82) is 0 Å². The van der Waals surface area contributed by atoms with Gasteiger partial charge in [-0.25, -0.2) is 13.2 Å². The molecule has 2 amide bonds. The molecule has 0 aliphatic carbocycles. The van der Waals surface area contributed by atoms with Crippen molar-refractivity contribution in [1.82, 2.24) is 14.1 Å². The van der Waals surface area contributed by atoms with E-state index in [9.17, 15) is 18.0 Å². The molecule has 2 aliphatic heterocycles. The molecule has 0 saturated carbocycles. The minimum Gasteiger partial charge on any atom is -0.449 e. The summed E-state index contributed by atoms with van der Waals surface area (Å²) < 4.78 is 32.6. The number of hydrogen-bond donors (Lipinski definition) is 0. The van der Waals surface area contributed by atoms with Gasteiger partial charge in [0.05, 0.1) is 11.5 Å². The van der Waals surface area contributed by atoms with Gasteiger partial charge in [-0.1, -0.05) is 38.8 Å². The van der Waals surface area contributed by atoms with Crippen LogP contribution in [0.25, 0.3) is 6.08 Å². The van der Waals surface area contributed by atoms with Gasteiger partial charge in [0.25, 0.3) is 0 Å². The van der Waals surface area contributed by atoms with Gasteiger partial charge in [-0.05, 0) is 42.5 Å². The molecule has 9 heteroatoms. The number of benzene rings is 1. The van der Waals surface area contributed by atoms with Crippen molar-refractivity contribution >= 4 is 28.1 Å². The molecule has 2 heterocycles. The topological polar surface area (TPSA) is 87.2 Å². The molecule has 0 spiro atoms. The highest BCUT2D eigenvalue weighted by atomic mass is 32.2. The van der Waals surface area contributed by atoms with Crippen molar-refractivity contribution in [2.45, 2.75) is 44.4 Å². The Kier molecular flexibility index (Phi) is 8.91. The van der Waals surface area contributed by atoms with Crippen LogP contribution < -0.4 is 0 Å². The van der Waals surface area contributed by atoms with Crippen LogP contribution in [0.5, 0.6) is 0 Å². The molecule has 0 N–H and O–H groups in total. The van der Waals surface area contributed by atoms with Gasteiger partial charge in [0.2, 0.25) is 15.9 Å². The molecule has 33 heavy (non-hydrogen) atoms. The molecule has 8 nitrogen and oxygen atoms in total. The maximum Gasteiger partial charge on any atom is 0.409 e. The third-order valence-electron chi connectivity index (χ3n) is 5.89. The summed E-state index contributed by atoms with van der Waals surface area (Å²) in [7, 11) is -3.48. The normalized spacial score (nSPS) is 18.5. The first-order chi connectivity index (χ1) is 15.8. The average molecular weight is 478 g/mol. The Morgan fingerprint density at radius 2 is 1.48 bits per heavy atom. The van der Waals surface area contributed by atoms with E-state index in [2.05, 4.69) is 0 Å². The number of nitrogens with zero attached hydrogens (tertiary/aromatic N) is 3. The van der Waals surface area contributed by atoms with Gasteiger partial charge in [-0.3, -0.25) is 4.79 Å². The summed E-state index contributed by atoms with van der Waals surface area (Å²) in [6, 6.07) is 6.64. The maximum atomic E-state index is 12.9. The Morgan fingerprint density at radius 1 is 0.909 bits per heavy atom. The lowest BCUT2D eigenvalue weighted by Gasteiger charge is -2.33. The second-order valence-electron chi connectivity index (χ2n) is 9.00. The lowest BCUT2D eigenvalue weighted by molar-refractivity contribution is -0.127. The number of carbonyl (C=O) groups is 2. The first-order valence-electron chi connectivity index (χ1n) is 11.8. The van der Waals surface area contributed by atoms with Crippen LogP contribution in [0.2, 0.25) is 0 Å². The van der Waals surface area contributed by atoms with Crippen LogP contribution in [-0.4, -0.2) is 80.4 Å². The summed E-state index contributed by atoms with van der Waals surface area (Å²) in [6.07, 6.45) is 6.79. The Hall–Kier alpha value is -2.39. The number of carbonyl (C=O) groups excluding carboxylic acids is 2. The Labute approximate surface area is 197 Å². The van der Waals surface area contributed by atoms with E-state index >= 15 is 0 Å². The average Bonchev–Trinajstić information content (AvgIpc) is 3.11. The molecule has 0 unspecified atom stereocenters. The zero-order valence-corrected chi connectivity index (χ0v) is 20.4. The molecule has 0 radical (unpaired) electrons. The molecule has 0 aromatic heterocycles. The van der Waals surface area contributed by atoms with Crippen molar-refractivity contribution in [2.24, 2.45) is 5.92 Å². The fourth-order valence-corrected chi connectivity index (χ4v) is 5.41. The number of amides is 2. The van der Waals surface area contributed by atoms with Crippen LogP contribution in [-0.2, 0) is 19.6 Å². The van der Waals surface area contributed by atoms with Crippen molar-refractivity contribution < 1.29 is 22.7 Å². The fraction of sp³-hybridized carbons (Fsp3) is 0.583. The molecule has 1 aromatic carbocycles. The van der Waals surface area contributed by atoms with Crippen molar-refractivity contribution in [3.8, 4) is 0 Å².